The van der Waals surface area contributed by atoms with Crippen molar-refractivity contribution in [2.75, 3.05) is 0 Å². The van der Waals surface area contributed by atoms with E-state index >= 15 is 0 Å². The van der Waals surface area contributed by atoms with Gasteiger partial charge in [0.2, 0.25) is 0 Å². The van der Waals surface area contributed by atoms with Crippen molar-refractivity contribution in [2.24, 2.45) is 0 Å². The van der Waals surface area contributed by atoms with Crippen molar-refractivity contribution in [1.29, 1.82) is 0 Å². The largest absolute Gasteiger partial charge is 0.416 e. The van der Waals surface area contributed by atoms with Crippen LogP contribution in [0.1, 0.15) is 5.56 Å². The zero-order chi connectivity index (χ0) is 17.2. The van der Waals surface area contributed by atoms with E-state index < -0.39 is 18.9 Å². The van der Waals surface area contributed by atoms with Crippen LogP contribution < -0.4 is 15.9 Å². The summed E-state index contributed by atoms with van der Waals surface area (Å²) >= 11 is 0. The number of benzene rings is 3. The SMILES string of the molecule is O=P(c1ccccc1)(c1ccccc1)c1cccc(C(F)(F)F)c1. The summed E-state index contributed by atoms with van der Waals surface area (Å²) in [5.74, 6) is 0. The van der Waals surface area contributed by atoms with Crippen molar-refractivity contribution in [3.8, 4) is 0 Å². The van der Waals surface area contributed by atoms with Gasteiger partial charge in [-0.1, -0.05) is 72.8 Å². The molecule has 0 aliphatic rings. The van der Waals surface area contributed by atoms with Crippen LogP contribution in [-0.2, 0) is 10.7 Å². The molecule has 0 spiro atoms. The van der Waals surface area contributed by atoms with Gasteiger partial charge in [0.15, 0.2) is 7.14 Å². The fraction of sp³-hybridized carbons (Fsp3) is 0.0526. The van der Waals surface area contributed by atoms with Crippen LogP contribution in [0.2, 0.25) is 0 Å². The molecule has 24 heavy (non-hydrogen) atoms. The molecule has 0 N–H and O–H groups in total. The highest BCUT2D eigenvalue weighted by Crippen LogP contribution is 2.43. The molecule has 3 aromatic rings. The molecule has 5 heteroatoms. The Morgan fingerprint density at radius 1 is 0.625 bits per heavy atom. The molecular weight excluding hydrogens is 332 g/mol. The molecule has 0 heterocycles. The van der Waals surface area contributed by atoms with E-state index in [0.717, 1.165) is 12.1 Å². The van der Waals surface area contributed by atoms with E-state index in [-0.39, 0.29) is 5.30 Å². The highest BCUT2D eigenvalue weighted by atomic mass is 31.2. The predicted molar refractivity (Wildman–Crippen MR) is 90.8 cm³/mol. The normalized spacial score (nSPS) is 12.1. The molecule has 0 radical (unpaired) electrons. The summed E-state index contributed by atoms with van der Waals surface area (Å²) in [7, 11) is -3.37. The molecule has 0 saturated heterocycles. The summed E-state index contributed by atoms with van der Waals surface area (Å²) in [6, 6.07) is 22.0. The highest BCUT2D eigenvalue weighted by Gasteiger charge is 2.34. The summed E-state index contributed by atoms with van der Waals surface area (Å²) in [6.07, 6.45) is -4.48. The van der Waals surface area contributed by atoms with Gasteiger partial charge in [0.05, 0.1) is 5.56 Å². The van der Waals surface area contributed by atoms with Gasteiger partial charge in [-0.2, -0.15) is 13.2 Å². The quantitative estimate of drug-likeness (QED) is 0.645. The summed E-state index contributed by atoms with van der Waals surface area (Å²) in [5, 5.41) is 1.20. The number of alkyl halides is 3. The molecule has 0 atom stereocenters. The van der Waals surface area contributed by atoms with Crippen molar-refractivity contribution in [3.63, 3.8) is 0 Å². The maximum absolute atomic E-state index is 13.9. The maximum atomic E-state index is 13.9. The van der Waals surface area contributed by atoms with Crippen molar-refractivity contribution in [3.05, 3.63) is 90.5 Å². The number of hydrogen-bond donors (Lipinski definition) is 0. The highest BCUT2D eigenvalue weighted by molar-refractivity contribution is 7.85. The first-order valence-corrected chi connectivity index (χ1v) is 9.02. The minimum Gasteiger partial charge on any atom is -0.309 e. The van der Waals surface area contributed by atoms with E-state index in [1.807, 2.05) is 0 Å². The molecule has 0 unspecified atom stereocenters. The molecule has 3 aromatic carbocycles. The molecule has 0 aliphatic heterocycles. The predicted octanol–water partition coefficient (Wildman–Crippen LogP) is 4.34. The lowest BCUT2D eigenvalue weighted by Crippen LogP contribution is -2.25. The van der Waals surface area contributed by atoms with Crippen molar-refractivity contribution >= 4 is 23.1 Å². The van der Waals surface area contributed by atoms with E-state index in [1.165, 1.54) is 12.1 Å². The van der Waals surface area contributed by atoms with Gasteiger partial charge >= 0.3 is 6.18 Å². The van der Waals surface area contributed by atoms with Crippen molar-refractivity contribution in [2.45, 2.75) is 6.18 Å². The summed E-state index contributed by atoms with van der Waals surface area (Å²) in [6.45, 7) is 0. The summed E-state index contributed by atoms with van der Waals surface area (Å²) < 4.78 is 53.1. The van der Waals surface area contributed by atoms with Crippen LogP contribution in [0.15, 0.2) is 84.9 Å². The van der Waals surface area contributed by atoms with Gasteiger partial charge in [-0.3, -0.25) is 0 Å². The molecule has 122 valence electrons. The van der Waals surface area contributed by atoms with Gasteiger partial charge < -0.3 is 4.57 Å². The molecule has 3 rings (SSSR count). The van der Waals surface area contributed by atoms with Gasteiger partial charge in [-0.15, -0.1) is 0 Å². The van der Waals surface area contributed by atoms with E-state index in [2.05, 4.69) is 0 Å². The first-order chi connectivity index (χ1) is 11.4. The van der Waals surface area contributed by atoms with E-state index in [9.17, 15) is 17.7 Å². The lowest BCUT2D eigenvalue weighted by atomic mass is 10.2. The second-order valence-electron chi connectivity index (χ2n) is 5.33. The lowest BCUT2D eigenvalue weighted by Gasteiger charge is -2.21. The van der Waals surface area contributed by atoms with Crippen LogP contribution in [-0.4, -0.2) is 0 Å². The van der Waals surface area contributed by atoms with Gasteiger partial charge in [0.1, 0.15) is 0 Å². The fourth-order valence-electron chi connectivity index (χ4n) is 2.60. The maximum Gasteiger partial charge on any atom is 0.416 e. The van der Waals surface area contributed by atoms with Crippen LogP contribution in [0.5, 0.6) is 0 Å². The Morgan fingerprint density at radius 3 is 1.54 bits per heavy atom. The van der Waals surface area contributed by atoms with Crippen LogP contribution in [0.4, 0.5) is 13.2 Å². The Morgan fingerprint density at radius 2 is 1.08 bits per heavy atom. The average Bonchev–Trinajstić information content (AvgIpc) is 2.62. The number of halogens is 3. The minimum absolute atomic E-state index is 0.176. The summed E-state index contributed by atoms with van der Waals surface area (Å²) in [4.78, 5) is 0. The van der Waals surface area contributed by atoms with Crippen molar-refractivity contribution in [1.82, 2.24) is 0 Å². The Bertz CT molecular complexity index is 830. The van der Waals surface area contributed by atoms with Crippen LogP contribution in [0, 0.1) is 0 Å². The smallest absolute Gasteiger partial charge is 0.309 e. The topological polar surface area (TPSA) is 17.1 Å². The Labute approximate surface area is 138 Å². The van der Waals surface area contributed by atoms with Gasteiger partial charge in [-0.05, 0) is 12.1 Å². The zero-order valence-corrected chi connectivity index (χ0v) is 13.5. The Hall–Kier alpha value is -2.32. The van der Waals surface area contributed by atoms with Crippen LogP contribution in [0.3, 0.4) is 0 Å². The van der Waals surface area contributed by atoms with E-state index in [0.29, 0.717) is 10.6 Å². The molecule has 0 fully saturated rings. The van der Waals surface area contributed by atoms with E-state index in [1.54, 1.807) is 60.7 Å². The number of rotatable bonds is 3. The second-order valence-corrected chi connectivity index (χ2v) is 8.10. The Balaban J connectivity index is 2.26. The molecular formula is C19H14F3OP. The third kappa shape index (κ3) is 3.02. The van der Waals surface area contributed by atoms with Crippen LogP contribution >= 0.6 is 7.14 Å². The third-order valence-electron chi connectivity index (χ3n) is 3.78. The number of hydrogen-bond acceptors (Lipinski definition) is 1. The Kier molecular flexibility index (Phi) is 4.33. The first-order valence-electron chi connectivity index (χ1n) is 7.31. The third-order valence-corrected chi connectivity index (χ3v) is 6.83. The molecule has 1 nitrogen and oxygen atoms in total. The van der Waals surface area contributed by atoms with Crippen LogP contribution in [0.25, 0.3) is 0 Å². The van der Waals surface area contributed by atoms with Crippen molar-refractivity contribution < 1.29 is 17.7 Å². The van der Waals surface area contributed by atoms with E-state index in [4.69, 9.17) is 0 Å². The standard InChI is InChI=1S/C19H14F3OP/c20-19(21,22)15-8-7-13-18(14-15)24(23,16-9-3-1-4-10-16)17-11-5-2-6-12-17/h1-14H. The molecule has 0 saturated carbocycles. The molecule has 0 aromatic heterocycles. The molecule has 0 amide bonds. The first kappa shape index (κ1) is 16.5. The monoisotopic (exact) mass is 346 g/mol. The van der Waals surface area contributed by atoms with Gasteiger partial charge in [-0.25, -0.2) is 0 Å². The second kappa shape index (κ2) is 6.29. The minimum atomic E-state index is -4.48. The lowest BCUT2D eigenvalue weighted by molar-refractivity contribution is -0.137. The van der Waals surface area contributed by atoms with Gasteiger partial charge in [0.25, 0.3) is 0 Å². The zero-order valence-electron chi connectivity index (χ0n) is 12.6. The van der Waals surface area contributed by atoms with Gasteiger partial charge in [0, 0.05) is 15.9 Å². The fourth-order valence-corrected chi connectivity index (χ4v) is 5.30. The average molecular weight is 346 g/mol. The molecule has 0 aliphatic carbocycles. The molecule has 0 bridgehead atoms. The summed E-state index contributed by atoms with van der Waals surface area (Å²) in [5.41, 5.74) is -0.799.